The maximum atomic E-state index is 12.3. The summed E-state index contributed by atoms with van der Waals surface area (Å²) in [6.07, 6.45) is -0.410. The molecule has 3 heterocycles. The number of carbonyl (C=O) groups is 1. The Balaban J connectivity index is 1.86. The summed E-state index contributed by atoms with van der Waals surface area (Å²) in [6.45, 7) is 3.81. The summed E-state index contributed by atoms with van der Waals surface area (Å²) < 4.78 is 19.2. The number of aryl methyl sites for hydroxylation is 1. The number of Topliss-reactive ketones (excluding diaryl/α,β-unsaturated/α-hetero) is 1. The quantitative estimate of drug-likeness (QED) is 0.738. The van der Waals surface area contributed by atoms with Crippen LogP contribution >= 0.6 is 0 Å². The fourth-order valence-electron chi connectivity index (χ4n) is 3.00. The van der Waals surface area contributed by atoms with Crippen LogP contribution in [0.1, 0.15) is 31.9 Å². The standard InChI is InChI=1S/C15H20N2O6/c1-15(2)21-7-11(23-15)12-9(18)5-10(22-12)8-6-16(3)14(20)17(4)13(8)19/h6,10-12H,5,7H2,1-4H3/t10-,11-,12-/m1/s1. The first-order valence-corrected chi connectivity index (χ1v) is 7.46. The Morgan fingerprint density at radius 1 is 1.22 bits per heavy atom. The van der Waals surface area contributed by atoms with Gasteiger partial charge in [0.25, 0.3) is 5.56 Å². The molecule has 0 saturated carbocycles. The maximum absolute atomic E-state index is 12.3. The van der Waals surface area contributed by atoms with Crippen LogP contribution in [0.4, 0.5) is 0 Å². The van der Waals surface area contributed by atoms with Gasteiger partial charge in [0.2, 0.25) is 0 Å². The zero-order valence-electron chi connectivity index (χ0n) is 13.6. The Kier molecular flexibility index (Phi) is 3.78. The summed E-state index contributed by atoms with van der Waals surface area (Å²) in [6, 6.07) is 0. The van der Waals surface area contributed by atoms with Crippen LogP contribution in [-0.2, 0) is 33.1 Å². The van der Waals surface area contributed by atoms with Crippen molar-refractivity contribution in [2.75, 3.05) is 6.61 Å². The fourth-order valence-corrected chi connectivity index (χ4v) is 3.00. The average molecular weight is 324 g/mol. The topological polar surface area (TPSA) is 88.8 Å². The molecular formula is C15H20N2O6. The number of ether oxygens (including phenoxy) is 3. The van der Waals surface area contributed by atoms with Gasteiger partial charge in [-0.05, 0) is 13.8 Å². The normalized spacial score (nSPS) is 30.1. The van der Waals surface area contributed by atoms with Crippen molar-refractivity contribution < 1.29 is 19.0 Å². The predicted molar refractivity (Wildman–Crippen MR) is 79.1 cm³/mol. The summed E-state index contributed by atoms with van der Waals surface area (Å²) in [5.74, 6) is -0.878. The van der Waals surface area contributed by atoms with Crippen molar-refractivity contribution in [3.8, 4) is 0 Å². The molecule has 0 N–H and O–H groups in total. The number of nitrogens with zero attached hydrogens (tertiary/aromatic N) is 2. The highest BCUT2D eigenvalue weighted by molar-refractivity contribution is 5.86. The number of hydrogen-bond donors (Lipinski definition) is 0. The van der Waals surface area contributed by atoms with Gasteiger partial charge in [-0.1, -0.05) is 0 Å². The highest BCUT2D eigenvalue weighted by Crippen LogP contribution is 2.34. The molecule has 1 aromatic rings. The molecule has 23 heavy (non-hydrogen) atoms. The molecule has 0 radical (unpaired) electrons. The van der Waals surface area contributed by atoms with Gasteiger partial charge < -0.3 is 18.8 Å². The van der Waals surface area contributed by atoms with Crippen molar-refractivity contribution in [3.63, 3.8) is 0 Å². The van der Waals surface area contributed by atoms with Crippen LogP contribution in [0.15, 0.2) is 15.8 Å². The zero-order valence-corrected chi connectivity index (χ0v) is 13.6. The van der Waals surface area contributed by atoms with Gasteiger partial charge in [0.1, 0.15) is 12.2 Å². The van der Waals surface area contributed by atoms with Gasteiger partial charge in [0, 0.05) is 26.7 Å². The lowest BCUT2D eigenvalue weighted by atomic mass is 10.1. The number of aromatic nitrogens is 2. The van der Waals surface area contributed by atoms with Gasteiger partial charge in [0.15, 0.2) is 11.6 Å². The van der Waals surface area contributed by atoms with Crippen molar-refractivity contribution in [1.82, 2.24) is 9.13 Å². The van der Waals surface area contributed by atoms with Crippen LogP contribution in [0.3, 0.4) is 0 Å². The molecule has 8 heteroatoms. The van der Waals surface area contributed by atoms with E-state index in [0.29, 0.717) is 5.56 Å². The molecule has 2 aliphatic heterocycles. The van der Waals surface area contributed by atoms with Gasteiger partial charge in [-0.15, -0.1) is 0 Å². The van der Waals surface area contributed by atoms with Crippen LogP contribution in [0.25, 0.3) is 0 Å². The van der Waals surface area contributed by atoms with Gasteiger partial charge in [0.05, 0.1) is 18.3 Å². The SMILES string of the molecule is Cn1cc([C@H]2CC(=O)[C@H]([C@H]3COC(C)(C)O3)O2)c(=O)n(C)c1=O. The summed E-state index contributed by atoms with van der Waals surface area (Å²) in [5, 5.41) is 0. The Labute approximate surface area is 132 Å². The number of ketones is 1. The minimum Gasteiger partial charge on any atom is -0.359 e. The second kappa shape index (κ2) is 5.40. The van der Waals surface area contributed by atoms with E-state index in [9.17, 15) is 14.4 Å². The second-order valence-corrected chi connectivity index (χ2v) is 6.42. The molecule has 1 aromatic heterocycles. The van der Waals surface area contributed by atoms with Crippen molar-refractivity contribution in [2.45, 2.75) is 44.4 Å². The third-order valence-electron chi connectivity index (χ3n) is 4.20. The van der Waals surface area contributed by atoms with Crippen LogP contribution < -0.4 is 11.2 Å². The first-order valence-electron chi connectivity index (χ1n) is 7.46. The van der Waals surface area contributed by atoms with Gasteiger partial charge in [-0.25, -0.2) is 4.79 Å². The monoisotopic (exact) mass is 324 g/mol. The first-order chi connectivity index (χ1) is 10.7. The molecule has 0 aliphatic carbocycles. The first kappa shape index (κ1) is 16.1. The lowest BCUT2D eigenvalue weighted by Gasteiger charge is -2.20. The summed E-state index contributed by atoms with van der Waals surface area (Å²) in [5.41, 5.74) is -0.576. The van der Waals surface area contributed by atoms with E-state index in [2.05, 4.69) is 0 Å². The van der Waals surface area contributed by atoms with E-state index in [4.69, 9.17) is 14.2 Å². The lowest BCUT2D eigenvalue weighted by molar-refractivity contribution is -0.159. The molecule has 2 aliphatic rings. The number of rotatable bonds is 2. The van der Waals surface area contributed by atoms with Crippen molar-refractivity contribution in [3.05, 3.63) is 32.6 Å². The van der Waals surface area contributed by atoms with Crippen LogP contribution in [-0.4, -0.2) is 39.5 Å². The van der Waals surface area contributed by atoms with Crippen LogP contribution in [0, 0.1) is 0 Å². The summed E-state index contributed by atoms with van der Waals surface area (Å²) >= 11 is 0. The Morgan fingerprint density at radius 2 is 1.91 bits per heavy atom. The fraction of sp³-hybridized carbons (Fsp3) is 0.667. The van der Waals surface area contributed by atoms with E-state index >= 15 is 0 Å². The van der Waals surface area contributed by atoms with E-state index in [1.165, 1.54) is 17.8 Å². The highest BCUT2D eigenvalue weighted by Gasteiger charge is 2.46. The van der Waals surface area contributed by atoms with E-state index in [0.717, 1.165) is 4.57 Å². The number of hydrogen-bond acceptors (Lipinski definition) is 6. The molecule has 2 saturated heterocycles. The van der Waals surface area contributed by atoms with E-state index in [1.54, 1.807) is 20.9 Å². The van der Waals surface area contributed by atoms with Crippen molar-refractivity contribution in [2.24, 2.45) is 14.1 Å². The average Bonchev–Trinajstić information content (AvgIpc) is 3.03. The zero-order chi connectivity index (χ0) is 16.9. The molecular weight excluding hydrogens is 304 g/mol. The van der Waals surface area contributed by atoms with Crippen LogP contribution in [0.5, 0.6) is 0 Å². The van der Waals surface area contributed by atoms with Gasteiger partial charge in [-0.2, -0.15) is 0 Å². The molecule has 8 nitrogen and oxygen atoms in total. The van der Waals surface area contributed by atoms with Crippen LogP contribution in [0.2, 0.25) is 0 Å². The molecule has 0 amide bonds. The Bertz CT molecular complexity index is 762. The molecule has 0 spiro atoms. The maximum Gasteiger partial charge on any atom is 0.330 e. The third-order valence-corrected chi connectivity index (χ3v) is 4.20. The van der Waals surface area contributed by atoms with Gasteiger partial charge in [-0.3, -0.25) is 14.2 Å². The van der Waals surface area contributed by atoms with Gasteiger partial charge >= 0.3 is 5.69 Å². The lowest BCUT2D eigenvalue weighted by Crippen LogP contribution is -2.39. The highest BCUT2D eigenvalue weighted by atomic mass is 16.7. The Morgan fingerprint density at radius 3 is 2.52 bits per heavy atom. The van der Waals surface area contributed by atoms with Crippen molar-refractivity contribution in [1.29, 1.82) is 0 Å². The smallest absolute Gasteiger partial charge is 0.330 e. The van der Waals surface area contributed by atoms with E-state index in [-0.39, 0.29) is 18.8 Å². The minimum absolute atomic E-state index is 0.0817. The Hall–Kier alpha value is -1.77. The van der Waals surface area contributed by atoms with E-state index < -0.39 is 35.3 Å². The third kappa shape index (κ3) is 2.77. The summed E-state index contributed by atoms with van der Waals surface area (Å²) in [7, 11) is 2.95. The minimum atomic E-state index is -0.760. The summed E-state index contributed by atoms with van der Waals surface area (Å²) in [4.78, 5) is 36.3. The molecule has 126 valence electrons. The molecule has 2 fully saturated rings. The number of carbonyl (C=O) groups excluding carboxylic acids is 1. The second-order valence-electron chi connectivity index (χ2n) is 6.42. The molecule has 3 rings (SSSR count). The molecule has 0 aromatic carbocycles. The predicted octanol–water partition coefficient (Wildman–Crippen LogP) is -0.365. The van der Waals surface area contributed by atoms with Crippen molar-refractivity contribution >= 4 is 5.78 Å². The largest absolute Gasteiger partial charge is 0.359 e. The molecule has 0 bridgehead atoms. The molecule has 3 atom stereocenters. The molecule has 0 unspecified atom stereocenters. The van der Waals surface area contributed by atoms with E-state index in [1.807, 2.05) is 0 Å².